The maximum atomic E-state index is 11.5. The van der Waals surface area contributed by atoms with Crippen molar-refractivity contribution in [2.45, 2.75) is 9.79 Å². The molecule has 0 heterocycles. The highest BCUT2D eigenvalue weighted by molar-refractivity contribution is 7.99. The minimum atomic E-state index is -0.414. The number of carbonyl (C=O) groups is 1. The average molecular weight is 259 g/mol. The van der Waals surface area contributed by atoms with E-state index in [-0.39, 0.29) is 0 Å². The Morgan fingerprint density at radius 1 is 1.11 bits per heavy atom. The van der Waals surface area contributed by atoms with Crippen LogP contribution < -0.4 is 5.73 Å². The summed E-state index contributed by atoms with van der Waals surface area (Å²) in [6.45, 7) is 0. The summed E-state index contributed by atoms with van der Waals surface area (Å²) in [6, 6.07) is 15.3. The van der Waals surface area contributed by atoms with Crippen molar-refractivity contribution in [2.75, 3.05) is 12.8 Å². The van der Waals surface area contributed by atoms with Crippen molar-refractivity contribution in [3.05, 3.63) is 54.1 Å². The fourth-order valence-electron chi connectivity index (χ4n) is 1.51. The van der Waals surface area contributed by atoms with Gasteiger partial charge in [-0.2, -0.15) is 0 Å². The first kappa shape index (κ1) is 12.5. The van der Waals surface area contributed by atoms with E-state index in [9.17, 15) is 4.79 Å². The maximum absolute atomic E-state index is 11.5. The summed E-state index contributed by atoms with van der Waals surface area (Å²) in [7, 11) is 1.35. The van der Waals surface area contributed by atoms with Gasteiger partial charge in [0.2, 0.25) is 0 Å². The predicted molar refractivity (Wildman–Crippen MR) is 72.8 cm³/mol. The summed E-state index contributed by atoms with van der Waals surface area (Å²) < 4.78 is 4.69. The second-order valence-corrected chi connectivity index (χ2v) is 4.80. The van der Waals surface area contributed by atoms with E-state index in [1.54, 1.807) is 23.9 Å². The van der Waals surface area contributed by atoms with Crippen LogP contribution in [0.4, 0.5) is 5.69 Å². The zero-order valence-corrected chi connectivity index (χ0v) is 10.7. The number of anilines is 1. The van der Waals surface area contributed by atoms with Gasteiger partial charge in [-0.15, -0.1) is 0 Å². The Morgan fingerprint density at radius 3 is 2.50 bits per heavy atom. The van der Waals surface area contributed by atoms with Crippen LogP contribution >= 0.6 is 11.8 Å². The molecule has 2 aromatic carbocycles. The number of nitrogens with two attached hydrogens (primary N) is 1. The molecule has 2 N–H and O–H groups in total. The van der Waals surface area contributed by atoms with Gasteiger partial charge in [-0.25, -0.2) is 4.79 Å². The summed E-state index contributed by atoms with van der Waals surface area (Å²) in [5, 5.41) is 0. The number of ether oxygens (including phenoxy) is 1. The Kier molecular flexibility index (Phi) is 3.89. The van der Waals surface area contributed by atoms with Crippen LogP contribution in [0.2, 0.25) is 0 Å². The van der Waals surface area contributed by atoms with E-state index in [0.29, 0.717) is 11.3 Å². The molecule has 0 saturated carbocycles. The van der Waals surface area contributed by atoms with E-state index in [1.165, 1.54) is 7.11 Å². The number of rotatable bonds is 3. The van der Waals surface area contributed by atoms with Crippen LogP contribution in [-0.4, -0.2) is 13.1 Å². The molecule has 3 nitrogen and oxygen atoms in total. The summed E-state index contributed by atoms with van der Waals surface area (Å²) in [4.78, 5) is 13.6. The van der Waals surface area contributed by atoms with Gasteiger partial charge in [-0.3, -0.25) is 0 Å². The first-order valence-corrected chi connectivity index (χ1v) is 6.23. The van der Waals surface area contributed by atoms with Gasteiger partial charge in [-0.1, -0.05) is 30.0 Å². The van der Waals surface area contributed by atoms with E-state index < -0.39 is 5.97 Å². The number of benzene rings is 2. The van der Waals surface area contributed by atoms with E-state index >= 15 is 0 Å². The number of esters is 1. The molecule has 0 unspecified atom stereocenters. The molecule has 0 aliphatic rings. The van der Waals surface area contributed by atoms with Crippen LogP contribution in [0.15, 0.2) is 58.3 Å². The molecule has 0 spiro atoms. The normalized spacial score (nSPS) is 10.1. The molecule has 0 bridgehead atoms. The Balaban J connectivity index is 2.27. The van der Waals surface area contributed by atoms with Crippen molar-refractivity contribution in [2.24, 2.45) is 0 Å². The molecule has 0 aromatic heterocycles. The van der Waals surface area contributed by atoms with Gasteiger partial charge in [-0.05, 0) is 30.3 Å². The van der Waals surface area contributed by atoms with Crippen molar-refractivity contribution in [1.82, 2.24) is 0 Å². The van der Waals surface area contributed by atoms with Gasteiger partial charge in [0.25, 0.3) is 0 Å². The summed E-state index contributed by atoms with van der Waals surface area (Å²) in [6.07, 6.45) is 0. The average Bonchev–Trinajstić information content (AvgIpc) is 2.41. The summed E-state index contributed by atoms with van der Waals surface area (Å²) >= 11 is 1.58. The standard InChI is InChI=1S/C14H13NO2S/c1-17-14(16)12-9-11(7-8-13(12)15)18-10-5-3-2-4-6-10/h2-9H,15H2,1H3. The molecule has 4 heteroatoms. The predicted octanol–water partition coefficient (Wildman–Crippen LogP) is 3.21. The van der Waals surface area contributed by atoms with Crippen molar-refractivity contribution < 1.29 is 9.53 Å². The fourth-order valence-corrected chi connectivity index (χ4v) is 2.39. The number of methoxy groups -OCH3 is 1. The third kappa shape index (κ3) is 2.84. The minimum Gasteiger partial charge on any atom is -0.465 e. The molecule has 0 radical (unpaired) electrons. The maximum Gasteiger partial charge on any atom is 0.339 e. The minimum absolute atomic E-state index is 0.401. The van der Waals surface area contributed by atoms with E-state index in [1.807, 2.05) is 36.4 Å². The highest BCUT2D eigenvalue weighted by Gasteiger charge is 2.11. The van der Waals surface area contributed by atoms with Crippen LogP contribution in [0.3, 0.4) is 0 Å². The molecule has 0 amide bonds. The SMILES string of the molecule is COC(=O)c1cc(Sc2ccccc2)ccc1N. The Labute approximate surface area is 110 Å². The smallest absolute Gasteiger partial charge is 0.339 e. The molecule has 2 aromatic rings. The monoisotopic (exact) mass is 259 g/mol. The molecule has 18 heavy (non-hydrogen) atoms. The Hall–Kier alpha value is -1.94. The molecule has 0 fully saturated rings. The van der Waals surface area contributed by atoms with Gasteiger partial charge in [0.1, 0.15) is 0 Å². The number of hydrogen-bond donors (Lipinski definition) is 1. The number of carbonyl (C=O) groups excluding carboxylic acids is 1. The van der Waals surface area contributed by atoms with Crippen LogP contribution in [0.1, 0.15) is 10.4 Å². The lowest BCUT2D eigenvalue weighted by Gasteiger charge is -2.06. The van der Waals surface area contributed by atoms with Gasteiger partial charge in [0, 0.05) is 15.5 Å². The van der Waals surface area contributed by atoms with Crippen LogP contribution in [0.5, 0.6) is 0 Å². The summed E-state index contributed by atoms with van der Waals surface area (Å²) in [5.41, 5.74) is 6.58. The van der Waals surface area contributed by atoms with E-state index in [4.69, 9.17) is 10.5 Å². The van der Waals surface area contributed by atoms with Crippen molar-refractivity contribution in [1.29, 1.82) is 0 Å². The third-order valence-electron chi connectivity index (χ3n) is 2.41. The highest BCUT2D eigenvalue weighted by Crippen LogP contribution is 2.29. The number of nitrogen functional groups attached to an aromatic ring is 1. The second kappa shape index (κ2) is 5.60. The Bertz CT molecular complexity index is 555. The lowest BCUT2D eigenvalue weighted by molar-refractivity contribution is 0.0601. The van der Waals surface area contributed by atoms with E-state index in [0.717, 1.165) is 9.79 Å². The first-order chi connectivity index (χ1) is 8.70. The largest absolute Gasteiger partial charge is 0.465 e. The van der Waals surface area contributed by atoms with Crippen molar-refractivity contribution >= 4 is 23.4 Å². The molecule has 0 aliphatic carbocycles. The van der Waals surface area contributed by atoms with Crippen molar-refractivity contribution in [3.63, 3.8) is 0 Å². The van der Waals surface area contributed by atoms with Gasteiger partial charge >= 0.3 is 5.97 Å². The molecular weight excluding hydrogens is 246 g/mol. The lowest BCUT2D eigenvalue weighted by Crippen LogP contribution is -2.05. The topological polar surface area (TPSA) is 52.3 Å². The van der Waals surface area contributed by atoms with Crippen LogP contribution in [0, 0.1) is 0 Å². The third-order valence-corrected chi connectivity index (χ3v) is 3.41. The van der Waals surface area contributed by atoms with Gasteiger partial charge in [0.05, 0.1) is 12.7 Å². The molecular formula is C14H13NO2S. The zero-order valence-electron chi connectivity index (χ0n) is 9.92. The second-order valence-electron chi connectivity index (χ2n) is 3.66. The number of hydrogen-bond acceptors (Lipinski definition) is 4. The quantitative estimate of drug-likeness (QED) is 0.679. The molecule has 0 aliphatic heterocycles. The molecule has 0 atom stereocenters. The van der Waals surface area contributed by atoms with Crippen LogP contribution in [-0.2, 0) is 4.74 Å². The summed E-state index contributed by atoms with van der Waals surface area (Å²) in [5.74, 6) is -0.414. The molecule has 0 saturated heterocycles. The molecule has 92 valence electrons. The highest BCUT2D eigenvalue weighted by atomic mass is 32.2. The van der Waals surface area contributed by atoms with Crippen LogP contribution in [0.25, 0.3) is 0 Å². The van der Waals surface area contributed by atoms with Gasteiger partial charge in [0.15, 0.2) is 0 Å². The fraction of sp³-hybridized carbons (Fsp3) is 0.0714. The zero-order chi connectivity index (χ0) is 13.0. The van der Waals surface area contributed by atoms with Gasteiger partial charge < -0.3 is 10.5 Å². The van der Waals surface area contributed by atoms with Crippen molar-refractivity contribution in [3.8, 4) is 0 Å². The lowest BCUT2D eigenvalue weighted by atomic mass is 10.2. The first-order valence-electron chi connectivity index (χ1n) is 5.41. The molecule has 2 rings (SSSR count). The Morgan fingerprint density at radius 2 is 1.83 bits per heavy atom. The van der Waals surface area contributed by atoms with E-state index in [2.05, 4.69) is 0 Å².